The summed E-state index contributed by atoms with van der Waals surface area (Å²) < 4.78 is 0. The molecule has 0 heterocycles. The van der Waals surface area contributed by atoms with E-state index in [0.29, 0.717) is 42.9 Å². The summed E-state index contributed by atoms with van der Waals surface area (Å²) in [6.07, 6.45) is 16.2. The van der Waals surface area contributed by atoms with E-state index in [1.807, 2.05) is 0 Å². The molecule has 0 aromatic rings. The van der Waals surface area contributed by atoms with Gasteiger partial charge < -0.3 is 5.32 Å². The molecule has 0 aliphatic heterocycles. The lowest BCUT2D eigenvalue weighted by Gasteiger charge is -2.40. The van der Waals surface area contributed by atoms with Crippen LogP contribution in [-0.4, -0.2) is 18.2 Å². The fraction of sp³-hybridized carbons (Fsp3) is 0.905. The van der Waals surface area contributed by atoms with Gasteiger partial charge in [0.2, 0.25) is 5.91 Å². The predicted molar refractivity (Wildman–Crippen MR) is 96.6 cm³/mol. The number of nitrogens with one attached hydrogen (secondary N) is 1. The maximum Gasteiger partial charge on any atom is 0.220 e. The molecule has 3 fully saturated rings. The molecule has 3 aliphatic rings. The van der Waals surface area contributed by atoms with Crippen LogP contribution in [0.15, 0.2) is 0 Å². The standard InChI is InChI=1S/C21H35NO2/c23-20(19-12-5-10-17-9-3-4-11-18(17)19)13-6-14-22-21(24)15-16-7-1-2-8-16/h16-19H,1-15H2,(H,22,24). The van der Waals surface area contributed by atoms with Gasteiger partial charge in [-0.25, -0.2) is 0 Å². The fourth-order valence-corrected chi connectivity index (χ4v) is 5.56. The number of rotatable bonds is 7. The van der Waals surface area contributed by atoms with E-state index < -0.39 is 0 Å². The van der Waals surface area contributed by atoms with Crippen LogP contribution in [0.4, 0.5) is 0 Å². The van der Waals surface area contributed by atoms with Crippen molar-refractivity contribution in [2.45, 2.75) is 89.9 Å². The van der Waals surface area contributed by atoms with Crippen LogP contribution in [0.5, 0.6) is 0 Å². The zero-order chi connectivity index (χ0) is 16.8. The Hall–Kier alpha value is -0.860. The summed E-state index contributed by atoms with van der Waals surface area (Å²) in [7, 11) is 0. The average molecular weight is 334 g/mol. The molecule has 1 amide bonds. The van der Waals surface area contributed by atoms with Crippen molar-refractivity contribution in [1.29, 1.82) is 0 Å². The van der Waals surface area contributed by atoms with E-state index in [1.54, 1.807) is 0 Å². The Balaban J connectivity index is 1.33. The van der Waals surface area contributed by atoms with Gasteiger partial charge in [-0.05, 0) is 49.9 Å². The van der Waals surface area contributed by atoms with Crippen LogP contribution in [0.3, 0.4) is 0 Å². The Kier molecular flexibility index (Phi) is 6.74. The molecule has 24 heavy (non-hydrogen) atoms. The number of hydrogen-bond acceptors (Lipinski definition) is 2. The van der Waals surface area contributed by atoms with Crippen molar-refractivity contribution in [2.75, 3.05) is 6.54 Å². The highest BCUT2D eigenvalue weighted by atomic mass is 16.1. The summed E-state index contributed by atoms with van der Waals surface area (Å²) in [5, 5.41) is 3.03. The SMILES string of the molecule is O=C(CC1CCCC1)NCCCC(=O)C1CCCC2CCCCC21. The van der Waals surface area contributed by atoms with Crippen molar-refractivity contribution in [1.82, 2.24) is 5.32 Å². The van der Waals surface area contributed by atoms with Crippen molar-refractivity contribution in [3.63, 3.8) is 0 Å². The van der Waals surface area contributed by atoms with E-state index in [0.717, 1.165) is 18.8 Å². The average Bonchev–Trinajstić information content (AvgIpc) is 3.11. The number of hydrogen-bond donors (Lipinski definition) is 1. The van der Waals surface area contributed by atoms with Gasteiger partial charge in [0.1, 0.15) is 5.78 Å². The highest BCUT2D eigenvalue weighted by Crippen LogP contribution is 2.44. The lowest BCUT2D eigenvalue weighted by Crippen LogP contribution is -2.35. The molecule has 3 heteroatoms. The number of carbonyl (C=O) groups is 2. The third kappa shape index (κ3) is 4.83. The molecule has 3 atom stereocenters. The highest BCUT2D eigenvalue weighted by Gasteiger charge is 2.37. The summed E-state index contributed by atoms with van der Waals surface area (Å²) in [5.41, 5.74) is 0. The first-order valence-electron chi connectivity index (χ1n) is 10.5. The zero-order valence-corrected chi connectivity index (χ0v) is 15.2. The van der Waals surface area contributed by atoms with Crippen LogP contribution >= 0.6 is 0 Å². The van der Waals surface area contributed by atoms with Gasteiger partial charge in [0.15, 0.2) is 0 Å². The summed E-state index contributed by atoms with van der Waals surface area (Å²) in [4.78, 5) is 24.6. The first-order valence-corrected chi connectivity index (χ1v) is 10.5. The molecule has 3 rings (SSSR count). The Labute approximate surface area is 147 Å². The van der Waals surface area contributed by atoms with E-state index in [1.165, 1.54) is 64.2 Å². The largest absolute Gasteiger partial charge is 0.356 e. The Morgan fingerprint density at radius 3 is 2.38 bits per heavy atom. The summed E-state index contributed by atoms with van der Waals surface area (Å²) >= 11 is 0. The monoisotopic (exact) mass is 333 g/mol. The van der Waals surface area contributed by atoms with Gasteiger partial charge in [-0.15, -0.1) is 0 Å². The summed E-state index contributed by atoms with van der Waals surface area (Å²) in [6.45, 7) is 0.679. The van der Waals surface area contributed by atoms with Gasteiger partial charge >= 0.3 is 0 Å². The van der Waals surface area contributed by atoms with Crippen LogP contribution in [0.2, 0.25) is 0 Å². The van der Waals surface area contributed by atoms with E-state index in [2.05, 4.69) is 5.32 Å². The van der Waals surface area contributed by atoms with Gasteiger partial charge in [-0.3, -0.25) is 9.59 Å². The van der Waals surface area contributed by atoms with Gasteiger partial charge in [0.05, 0.1) is 0 Å². The third-order valence-electron chi connectivity index (χ3n) is 6.86. The van der Waals surface area contributed by atoms with Crippen molar-refractivity contribution in [3.05, 3.63) is 0 Å². The van der Waals surface area contributed by atoms with Gasteiger partial charge in [0.25, 0.3) is 0 Å². The summed E-state index contributed by atoms with van der Waals surface area (Å²) in [6, 6.07) is 0. The topological polar surface area (TPSA) is 46.2 Å². The van der Waals surface area contributed by atoms with Gasteiger partial charge in [-0.1, -0.05) is 44.9 Å². The second-order valence-electron chi connectivity index (χ2n) is 8.52. The van der Waals surface area contributed by atoms with Crippen LogP contribution in [0.1, 0.15) is 89.9 Å². The predicted octanol–water partition coefficient (Wildman–Crippen LogP) is 4.64. The molecule has 0 saturated heterocycles. The van der Waals surface area contributed by atoms with Crippen molar-refractivity contribution in [3.8, 4) is 0 Å². The minimum Gasteiger partial charge on any atom is -0.356 e. The van der Waals surface area contributed by atoms with Crippen LogP contribution in [0, 0.1) is 23.7 Å². The summed E-state index contributed by atoms with van der Waals surface area (Å²) in [5.74, 6) is 3.12. The molecular weight excluding hydrogens is 298 g/mol. The lowest BCUT2D eigenvalue weighted by atomic mass is 9.64. The Morgan fingerprint density at radius 1 is 0.833 bits per heavy atom. The van der Waals surface area contributed by atoms with Gasteiger partial charge in [0, 0.05) is 25.3 Å². The van der Waals surface area contributed by atoms with Crippen LogP contribution in [0.25, 0.3) is 0 Å². The molecule has 0 bridgehead atoms. The third-order valence-corrected chi connectivity index (χ3v) is 6.86. The Morgan fingerprint density at radius 2 is 1.54 bits per heavy atom. The fourth-order valence-electron chi connectivity index (χ4n) is 5.56. The minimum atomic E-state index is 0.194. The first-order chi connectivity index (χ1) is 11.7. The van der Waals surface area contributed by atoms with Crippen molar-refractivity contribution < 1.29 is 9.59 Å². The molecule has 3 saturated carbocycles. The smallest absolute Gasteiger partial charge is 0.220 e. The zero-order valence-electron chi connectivity index (χ0n) is 15.2. The number of carbonyl (C=O) groups excluding carboxylic acids is 2. The number of fused-ring (bicyclic) bond motifs is 1. The van der Waals surface area contributed by atoms with E-state index in [-0.39, 0.29) is 5.91 Å². The number of Topliss-reactive ketones (excluding diaryl/α,β-unsaturated/α-hetero) is 1. The first kappa shape index (κ1) is 17.9. The molecule has 0 aromatic heterocycles. The number of ketones is 1. The van der Waals surface area contributed by atoms with Crippen molar-refractivity contribution >= 4 is 11.7 Å². The van der Waals surface area contributed by atoms with Crippen molar-refractivity contribution in [2.24, 2.45) is 23.7 Å². The molecule has 136 valence electrons. The normalized spacial score (nSPS) is 30.8. The lowest BCUT2D eigenvalue weighted by molar-refractivity contribution is -0.128. The Bertz CT molecular complexity index is 426. The molecule has 1 N–H and O–H groups in total. The maximum absolute atomic E-state index is 12.7. The second kappa shape index (κ2) is 9.01. The molecule has 3 unspecified atom stereocenters. The van der Waals surface area contributed by atoms with E-state index >= 15 is 0 Å². The maximum atomic E-state index is 12.7. The number of amides is 1. The van der Waals surface area contributed by atoms with Gasteiger partial charge in [-0.2, -0.15) is 0 Å². The highest BCUT2D eigenvalue weighted by molar-refractivity contribution is 5.81. The molecule has 3 aliphatic carbocycles. The minimum absolute atomic E-state index is 0.194. The molecule has 0 aromatic carbocycles. The molecule has 3 nitrogen and oxygen atoms in total. The van der Waals surface area contributed by atoms with E-state index in [4.69, 9.17) is 0 Å². The molecule has 0 spiro atoms. The quantitative estimate of drug-likeness (QED) is 0.690. The second-order valence-corrected chi connectivity index (χ2v) is 8.52. The van der Waals surface area contributed by atoms with Crippen LogP contribution in [-0.2, 0) is 9.59 Å². The molecule has 0 radical (unpaired) electrons. The van der Waals surface area contributed by atoms with E-state index in [9.17, 15) is 9.59 Å². The molecular formula is C21H35NO2. The van der Waals surface area contributed by atoms with Crippen LogP contribution < -0.4 is 5.32 Å².